The number of rotatable bonds is 3. The Morgan fingerprint density at radius 1 is 1.12 bits per heavy atom. The number of nitrogens with one attached hydrogen (secondary N) is 2. The van der Waals surface area contributed by atoms with Crippen molar-refractivity contribution in [2.75, 3.05) is 10.0 Å². The van der Waals surface area contributed by atoms with Crippen LogP contribution in [0.4, 0.5) is 11.4 Å². The highest BCUT2D eigenvalue weighted by atomic mass is 32.2. The van der Waals surface area contributed by atoms with Gasteiger partial charge < -0.3 is 10.1 Å². The summed E-state index contributed by atoms with van der Waals surface area (Å²) in [5, 5.41) is 2.65. The molecule has 2 N–H and O–H groups in total. The average Bonchev–Trinajstić information content (AvgIpc) is 2.51. The Labute approximate surface area is 140 Å². The van der Waals surface area contributed by atoms with E-state index in [0.717, 1.165) is 11.1 Å². The van der Waals surface area contributed by atoms with Crippen molar-refractivity contribution in [1.82, 2.24) is 0 Å². The maximum atomic E-state index is 12.6. The highest BCUT2D eigenvalue weighted by Gasteiger charge is 2.25. The lowest BCUT2D eigenvalue weighted by Crippen LogP contribution is -2.34. The van der Waals surface area contributed by atoms with Crippen molar-refractivity contribution < 1.29 is 17.9 Å². The molecule has 1 atom stereocenters. The van der Waals surface area contributed by atoms with Crippen LogP contribution in [0.5, 0.6) is 5.75 Å². The summed E-state index contributed by atoms with van der Waals surface area (Å²) in [4.78, 5) is 11.7. The summed E-state index contributed by atoms with van der Waals surface area (Å²) in [6, 6.07) is 9.94. The number of carbonyl (C=O) groups is 1. The molecule has 0 radical (unpaired) electrons. The van der Waals surface area contributed by atoms with E-state index in [0.29, 0.717) is 17.1 Å². The standard InChI is InChI=1S/C17H18N2O4S/c1-10-4-5-11(2)14(8-10)19-24(21,22)13-6-7-16-15(9-13)18-17(20)12(3)23-16/h4-9,12,19H,1-3H3,(H,18,20). The van der Waals surface area contributed by atoms with Gasteiger partial charge in [-0.3, -0.25) is 9.52 Å². The fourth-order valence-electron chi connectivity index (χ4n) is 2.40. The number of hydrogen-bond donors (Lipinski definition) is 2. The highest BCUT2D eigenvalue weighted by Crippen LogP contribution is 2.32. The quantitative estimate of drug-likeness (QED) is 0.895. The first-order valence-corrected chi connectivity index (χ1v) is 8.96. The number of sulfonamides is 1. The van der Waals surface area contributed by atoms with Crippen LogP contribution >= 0.6 is 0 Å². The average molecular weight is 346 g/mol. The first kappa shape index (κ1) is 16.3. The molecule has 7 heteroatoms. The summed E-state index contributed by atoms with van der Waals surface area (Å²) in [6.07, 6.45) is -0.604. The second-order valence-corrected chi connectivity index (χ2v) is 7.51. The maximum absolute atomic E-state index is 12.6. The van der Waals surface area contributed by atoms with Crippen LogP contribution in [0.15, 0.2) is 41.3 Å². The number of hydrogen-bond acceptors (Lipinski definition) is 4. The van der Waals surface area contributed by atoms with Crippen molar-refractivity contribution in [1.29, 1.82) is 0 Å². The van der Waals surface area contributed by atoms with Gasteiger partial charge in [0.25, 0.3) is 15.9 Å². The lowest BCUT2D eigenvalue weighted by atomic mass is 10.1. The number of ether oxygens (including phenoxy) is 1. The van der Waals surface area contributed by atoms with Crippen LogP contribution < -0.4 is 14.8 Å². The molecule has 0 aromatic heterocycles. The molecule has 1 unspecified atom stereocenters. The summed E-state index contributed by atoms with van der Waals surface area (Å²) in [7, 11) is -3.77. The van der Waals surface area contributed by atoms with E-state index in [1.165, 1.54) is 12.1 Å². The van der Waals surface area contributed by atoms with E-state index in [-0.39, 0.29) is 10.8 Å². The van der Waals surface area contributed by atoms with E-state index < -0.39 is 16.1 Å². The topological polar surface area (TPSA) is 84.5 Å². The van der Waals surface area contributed by atoms with Gasteiger partial charge in [-0.05, 0) is 56.2 Å². The van der Waals surface area contributed by atoms with E-state index in [4.69, 9.17) is 4.74 Å². The highest BCUT2D eigenvalue weighted by molar-refractivity contribution is 7.92. The van der Waals surface area contributed by atoms with Gasteiger partial charge in [0.2, 0.25) is 0 Å². The van der Waals surface area contributed by atoms with E-state index in [1.54, 1.807) is 19.1 Å². The van der Waals surface area contributed by atoms with Gasteiger partial charge in [-0.1, -0.05) is 12.1 Å². The molecule has 1 heterocycles. The molecule has 0 fully saturated rings. The molecule has 1 aliphatic rings. The molecule has 3 rings (SSSR count). The predicted molar refractivity (Wildman–Crippen MR) is 91.9 cm³/mol. The summed E-state index contributed by atoms with van der Waals surface area (Å²) in [5.74, 6) is 0.146. The van der Waals surface area contributed by atoms with Crippen molar-refractivity contribution in [3.63, 3.8) is 0 Å². The minimum Gasteiger partial charge on any atom is -0.479 e. The van der Waals surface area contributed by atoms with Crippen LogP contribution in [0, 0.1) is 13.8 Å². The first-order chi connectivity index (χ1) is 11.3. The molecule has 2 aromatic carbocycles. The minimum atomic E-state index is -3.77. The summed E-state index contributed by atoms with van der Waals surface area (Å²) in [5.41, 5.74) is 2.66. The number of aryl methyl sites for hydroxylation is 2. The van der Waals surface area contributed by atoms with E-state index >= 15 is 0 Å². The van der Waals surface area contributed by atoms with Gasteiger partial charge in [0.05, 0.1) is 16.3 Å². The second-order valence-electron chi connectivity index (χ2n) is 5.83. The van der Waals surface area contributed by atoms with Gasteiger partial charge in [-0.2, -0.15) is 0 Å². The Morgan fingerprint density at radius 2 is 1.88 bits per heavy atom. The molecule has 6 nitrogen and oxygen atoms in total. The lowest BCUT2D eigenvalue weighted by molar-refractivity contribution is -0.122. The van der Waals surface area contributed by atoms with Crippen LogP contribution in [0.1, 0.15) is 18.1 Å². The van der Waals surface area contributed by atoms with Crippen LogP contribution in [-0.4, -0.2) is 20.4 Å². The Bertz CT molecular complexity index is 922. The van der Waals surface area contributed by atoms with Crippen molar-refractivity contribution in [3.8, 4) is 5.75 Å². The zero-order chi connectivity index (χ0) is 17.5. The Kier molecular flexibility index (Phi) is 3.96. The predicted octanol–water partition coefficient (Wildman–Crippen LogP) is 2.82. The largest absolute Gasteiger partial charge is 0.479 e. The number of carbonyl (C=O) groups excluding carboxylic acids is 1. The molecular formula is C17H18N2O4S. The lowest BCUT2D eigenvalue weighted by Gasteiger charge is -2.23. The molecule has 0 bridgehead atoms. The second kappa shape index (κ2) is 5.83. The van der Waals surface area contributed by atoms with Gasteiger partial charge in [0, 0.05) is 0 Å². The van der Waals surface area contributed by atoms with E-state index in [1.807, 2.05) is 26.0 Å². The smallest absolute Gasteiger partial charge is 0.265 e. The zero-order valence-corrected chi connectivity index (χ0v) is 14.4. The number of benzene rings is 2. The SMILES string of the molecule is Cc1ccc(C)c(NS(=O)(=O)c2ccc3c(c2)NC(=O)C(C)O3)c1. The summed E-state index contributed by atoms with van der Waals surface area (Å²) < 4.78 is 33.3. The molecule has 2 aromatic rings. The normalized spacial score (nSPS) is 16.8. The van der Waals surface area contributed by atoms with Crippen LogP contribution in [-0.2, 0) is 14.8 Å². The monoisotopic (exact) mass is 346 g/mol. The van der Waals surface area contributed by atoms with Crippen LogP contribution in [0.3, 0.4) is 0 Å². The number of fused-ring (bicyclic) bond motifs is 1. The maximum Gasteiger partial charge on any atom is 0.265 e. The van der Waals surface area contributed by atoms with Gasteiger partial charge >= 0.3 is 0 Å². The van der Waals surface area contributed by atoms with Crippen LogP contribution in [0.2, 0.25) is 0 Å². The first-order valence-electron chi connectivity index (χ1n) is 7.48. The molecule has 1 amide bonds. The third kappa shape index (κ3) is 3.07. The third-order valence-corrected chi connectivity index (χ3v) is 5.19. The Morgan fingerprint density at radius 3 is 2.62 bits per heavy atom. The summed E-state index contributed by atoms with van der Waals surface area (Å²) >= 11 is 0. The minimum absolute atomic E-state index is 0.0561. The van der Waals surface area contributed by atoms with E-state index in [9.17, 15) is 13.2 Å². The van der Waals surface area contributed by atoms with Gasteiger partial charge in [-0.25, -0.2) is 8.42 Å². The number of anilines is 2. The van der Waals surface area contributed by atoms with Crippen molar-refractivity contribution in [3.05, 3.63) is 47.5 Å². The molecule has 0 spiro atoms. The molecular weight excluding hydrogens is 328 g/mol. The van der Waals surface area contributed by atoms with Gasteiger partial charge in [0.15, 0.2) is 6.10 Å². The van der Waals surface area contributed by atoms with Crippen molar-refractivity contribution in [2.45, 2.75) is 31.8 Å². The van der Waals surface area contributed by atoms with Gasteiger partial charge in [-0.15, -0.1) is 0 Å². The van der Waals surface area contributed by atoms with E-state index in [2.05, 4.69) is 10.0 Å². The molecule has 0 saturated carbocycles. The summed E-state index contributed by atoms with van der Waals surface area (Å²) in [6.45, 7) is 5.36. The third-order valence-electron chi connectivity index (χ3n) is 3.83. The van der Waals surface area contributed by atoms with Crippen molar-refractivity contribution in [2.24, 2.45) is 0 Å². The molecule has 24 heavy (non-hydrogen) atoms. The number of amides is 1. The molecule has 1 aliphatic heterocycles. The molecule has 0 aliphatic carbocycles. The fourth-order valence-corrected chi connectivity index (χ4v) is 3.55. The Balaban J connectivity index is 1.95. The van der Waals surface area contributed by atoms with Gasteiger partial charge in [0.1, 0.15) is 5.75 Å². The molecule has 126 valence electrons. The van der Waals surface area contributed by atoms with Crippen molar-refractivity contribution >= 4 is 27.3 Å². The Hall–Kier alpha value is -2.54. The zero-order valence-electron chi connectivity index (χ0n) is 13.6. The fraction of sp³-hybridized carbons (Fsp3) is 0.235. The molecule has 0 saturated heterocycles. The van der Waals surface area contributed by atoms with Crippen LogP contribution in [0.25, 0.3) is 0 Å².